The number of aliphatic carboxylic acids is 1. The minimum absolute atomic E-state index is 0.564. The van der Waals surface area contributed by atoms with E-state index >= 15 is 0 Å². The van der Waals surface area contributed by atoms with Crippen LogP contribution in [0, 0.1) is 5.41 Å². The van der Waals surface area contributed by atoms with Gasteiger partial charge in [0.1, 0.15) is 8.07 Å². The molecule has 0 saturated carbocycles. The molecule has 2 aromatic rings. The molecule has 0 amide bonds. The second-order valence-electron chi connectivity index (χ2n) is 7.09. The predicted molar refractivity (Wildman–Crippen MR) is 103 cm³/mol. The molecular weight excluding hydrogens is 312 g/mol. The van der Waals surface area contributed by atoms with Crippen molar-refractivity contribution in [1.82, 2.24) is 0 Å². The molecule has 0 aromatic heterocycles. The molecule has 0 heterocycles. The fourth-order valence-corrected chi connectivity index (χ4v) is 6.13. The average molecular weight is 339 g/mol. The van der Waals surface area contributed by atoms with E-state index in [9.17, 15) is 9.90 Å². The Hall–Kier alpha value is -2.13. The van der Waals surface area contributed by atoms with E-state index < -0.39 is 19.5 Å². The van der Waals surface area contributed by atoms with E-state index in [0.29, 0.717) is 6.42 Å². The largest absolute Gasteiger partial charge is 0.481 e. The Morgan fingerprint density at radius 3 is 2.04 bits per heavy atom. The van der Waals surface area contributed by atoms with E-state index in [2.05, 4.69) is 31.8 Å². The quantitative estimate of drug-likeness (QED) is 0.759. The van der Waals surface area contributed by atoms with Crippen molar-refractivity contribution >= 4 is 19.2 Å². The van der Waals surface area contributed by atoms with Gasteiger partial charge in [-0.15, -0.1) is 6.58 Å². The Morgan fingerprint density at radius 1 is 1.04 bits per heavy atom. The summed E-state index contributed by atoms with van der Waals surface area (Å²) in [6.45, 7) is 10.5. The minimum Gasteiger partial charge on any atom is -0.481 e. The lowest BCUT2D eigenvalue weighted by Gasteiger charge is -2.37. The van der Waals surface area contributed by atoms with Gasteiger partial charge in [-0.25, -0.2) is 0 Å². The number of carboxylic acid groups (broad SMARTS) is 1. The van der Waals surface area contributed by atoms with Crippen molar-refractivity contribution in [3.63, 3.8) is 0 Å². The maximum Gasteiger partial charge on any atom is 0.313 e. The van der Waals surface area contributed by atoms with Gasteiger partial charge in [0, 0.05) is 0 Å². The molecule has 0 saturated heterocycles. The molecule has 0 aliphatic heterocycles. The molecule has 0 aliphatic carbocycles. The molecule has 1 N–H and O–H groups in total. The van der Waals surface area contributed by atoms with Gasteiger partial charge >= 0.3 is 5.97 Å². The van der Waals surface area contributed by atoms with Crippen LogP contribution in [0.4, 0.5) is 0 Å². The molecule has 0 aliphatic rings. The monoisotopic (exact) mass is 338 g/mol. The molecule has 2 aromatic carbocycles. The van der Waals surface area contributed by atoms with E-state index in [0.717, 1.165) is 17.2 Å². The number of rotatable bonds is 7. The van der Waals surface area contributed by atoms with Crippen LogP contribution in [-0.2, 0) is 11.2 Å². The first kappa shape index (κ1) is 18.2. The zero-order valence-corrected chi connectivity index (χ0v) is 15.8. The lowest BCUT2D eigenvalue weighted by Crippen LogP contribution is -2.50. The van der Waals surface area contributed by atoms with E-state index in [4.69, 9.17) is 0 Å². The average Bonchev–Trinajstić information content (AvgIpc) is 2.60. The van der Waals surface area contributed by atoms with Gasteiger partial charge in [-0.2, -0.15) is 0 Å². The van der Waals surface area contributed by atoms with Crippen LogP contribution in [-0.4, -0.2) is 19.1 Å². The highest BCUT2D eigenvalue weighted by molar-refractivity contribution is 6.96. The van der Waals surface area contributed by atoms with Crippen LogP contribution < -0.4 is 5.19 Å². The third kappa shape index (κ3) is 3.67. The molecule has 0 fully saturated rings. The molecule has 0 spiro atoms. The SMILES string of the molecule is C=C(C(C)(CCc1ccccc1)C(=O)O)[Si](C)(C)c1ccccc1. The van der Waals surface area contributed by atoms with Crippen molar-refractivity contribution in [3.05, 3.63) is 78.0 Å². The molecule has 1 atom stereocenters. The summed E-state index contributed by atoms with van der Waals surface area (Å²) in [5.41, 5.74) is 0.249. The van der Waals surface area contributed by atoms with Gasteiger partial charge in [0.2, 0.25) is 0 Å². The van der Waals surface area contributed by atoms with Gasteiger partial charge in [-0.1, -0.05) is 84.1 Å². The van der Waals surface area contributed by atoms with Crippen LogP contribution >= 0.6 is 0 Å². The Kier molecular flexibility index (Phi) is 5.45. The van der Waals surface area contributed by atoms with E-state index in [1.165, 1.54) is 5.19 Å². The summed E-state index contributed by atoms with van der Waals surface area (Å²) in [6, 6.07) is 20.3. The highest BCUT2D eigenvalue weighted by atomic mass is 28.3. The minimum atomic E-state index is -2.09. The molecule has 3 heteroatoms. The Bertz CT molecular complexity index is 707. The van der Waals surface area contributed by atoms with Gasteiger partial charge in [-0.3, -0.25) is 4.79 Å². The van der Waals surface area contributed by atoms with E-state index in [1.807, 2.05) is 55.5 Å². The summed E-state index contributed by atoms with van der Waals surface area (Å²) in [7, 11) is -2.09. The topological polar surface area (TPSA) is 37.3 Å². The van der Waals surface area contributed by atoms with Gasteiger partial charge in [0.25, 0.3) is 0 Å². The maximum absolute atomic E-state index is 12.1. The number of aryl methyl sites for hydroxylation is 1. The molecular formula is C21H26O2Si. The van der Waals surface area contributed by atoms with Crippen LogP contribution in [0.5, 0.6) is 0 Å². The first-order valence-electron chi connectivity index (χ1n) is 8.31. The standard InChI is InChI=1S/C21H26O2Si/c1-17(24(3,4)19-13-9-6-10-14-19)21(2,20(22)23)16-15-18-11-7-5-8-12-18/h5-14H,1,15-16H2,2-4H3,(H,22,23). The van der Waals surface area contributed by atoms with Gasteiger partial charge in [0.05, 0.1) is 5.41 Å². The molecule has 126 valence electrons. The highest BCUT2D eigenvalue weighted by Crippen LogP contribution is 2.37. The van der Waals surface area contributed by atoms with Crippen LogP contribution in [0.3, 0.4) is 0 Å². The number of hydrogen-bond donors (Lipinski definition) is 1. The van der Waals surface area contributed by atoms with E-state index in [1.54, 1.807) is 0 Å². The third-order valence-electron chi connectivity index (χ3n) is 5.14. The summed E-state index contributed by atoms with van der Waals surface area (Å²) in [5.74, 6) is -0.778. The summed E-state index contributed by atoms with van der Waals surface area (Å²) in [5, 5.41) is 12.1. The van der Waals surface area contributed by atoms with Crippen LogP contribution in [0.15, 0.2) is 72.4 Å². The number of carboxylic acids is 1. The number of benzene rings is 2. The summed E-state index contributed by atoms with van der Waals surface area (Å²) >= 11 is 0. The number of carbonyl (C=O) groups is 1. The van der Waals surface area contributed by atoms with Gasteiger partial charge in [-0.05, 0) is 25.3 Å². The van der Waals surface area contributed by atoms with Crippen LogP contribution in [0.2, 0.25) is 13.1 Å². The Morgan fingerprint density at radius 2 is 1.54 bits per heavy atom. The molecule has 2 nitrogen and oxygen atoms in total. The third-order valence-corrected chi connectivity index (χ3v) is 8.98. The fraction of sp³-hybridized carbons (Fsp3) is 0.286. The van der Waals surface area contributed by atoms with Crippen molar-refractivity contribution in [2.45, 2.75) is 32.9 Å². The molecule has 1 unspecified atom stereocenters. The van der Waals surface area contributed by atoms with Crippen molar-refractivity contribution < 1.29 is 9.90 Å². The fourth-order valence-electron chi connectivity index (χ4n) is 3.14. The molecule has 2 rings (SSSR count). The summed E-state index contributed by atoms with van der Waals surface area (Å²) < 4.78 is 0. The van der Waals surface area contributed by atoms with Gasteiger partial charge in [0.15, 0.2) is 0 Å². The van der Waals surface area contributed by atoms with Crippen molar-refractivity contribution in [3.8, 4) is 0 Å². The summed E-state index contributed by atoms with van der Waals surface area (Å²) in [4.78, 5) is 12.1. The first-order valence-corrected chi connectivity index (χ1v) is 11.3. The summed E-state index contributed by atoms with van der Waals surface area (Å²) in [6.07, 6.45) is 1.30. The van der Waals surface area contributed by atoms with Crippen LogP contribution in [0.25, 0.3) is 0 Å². The second-order valence-corrected chi connectivity index (χ2v) is 11.5. The van der Waals surface area contributed by atoms with Crippen molar-refractivity contribution in [2.75, 3.05) is 0 Å². The highest BCUT2D eigenvalue weighted by Gasteiger charge is 2.43. The number of hydrogen-bond acceptors (Lipinski definition) is 1. The van der Waals surface area contributed by atoms with Crippen LogP contribution in [0.1, 0.15) is 18.9 Å². The Balaban J connectivity index is 2.28. The first-order chi connectivity index (χ1) is 11.3. The van der Waals surface area contributed by atoms with Crippen molar-refractivity contribution in [1.29, 1.82) is 0 Å². The Labute approximate surface area is 145 Å². The zero-order chi connectivity index (χ0) is 17.8. The molecule has 0 radical (unpaired) electrons. The molecule has 24 heavy (non-hydrogen) atoms. The zero-order valence-electron chi connectivity index (χ0n) is 14.8. The predicted octanol–water partition coefficient (Wildman–Crippen LogP) is 4.42. The van der Waals surface area contributed by atoms with E-state index in [-0.39, 0.29) is 0 Å². The van der Waals surface area contributed by atoms with Gasteiger partial charge < -0.3 is 5.11 Å². The lowest BCUT2D eigenvalue weighted by molar-refractivity contribution is -0.145. The van der Waals surface area contributed by atoms with Crippen molar-refractivity contribution in [2.24, 2.45) is 5.41 Å². The molecule has 0 bridgehead atoms. The lowest BCUT2D eigenvalue weighted by atomic mass is 9.84. The maximum atomic E-state index is 12.1. The second kappa shape index (κ2) is 7.18. The normalized spacial score (nSPS) is 14.0. The smallest absolute Gasteiger partial charge is 0.313 e.